The zero-order chi connectivity index (χ0) is 23.5. The molecule has 0 aliphatic carbocycles. The summed E-state index contributed by atoms with van der Waals surface area (Å²) in [5.41, 5.74) is 2.18. The summed E-state index contributed by atoms with van der Waals surface area (Å²) in [6.45, 7) is 3.48. The molecule has 10 heteroatoms. The van der Waals surface area contributed by atoms with Crippen molar-refractivity contribution in [2.45, 2.75) is 25.2 Å². The number of ether oxygens (including phenoxy) is 2. The van der Waals surface area contributed by atoms with Crippen molar-refractivity contribution in [2.24, 2.45) is 0 Å². The first-order valence-electron chi connectivity index (χ1n) is 9.63. The summed E-state index contributed by atoms with van der Waals surface area (Å²) in [6.07, 6.45) is -0.250. The maximum absolute atomic E-state index is 13.0. The van der Waals surface area contributed by atoms with Gasteiger partial charge in [-0.25, -0.2) is 8.42 Å². The number of aromatic nitrogens is 1. The van der Waals surface area contributed by atoms with Gasteiger partial charge in [-0.05, 0) is 31.5 Å². The van der Waals surface area contributed by atoms with Crippen molar-refractivity contribution in [1.29, 1.82) is 0 Å². The molecule has 1 amide bonds. The van der Waals surface area contributed by atoms with E-state index in [4.69, 9.17) is 25.6 Å². The number of sulfone groups is 1. The Hall–Kier alpha value is -3.04. The molecule has 1 heterocycles. The topological polar surface area (TPSA) is 108 Å². The number of amides is 1. The van der Waals surface area contributed by atoms with Crippen LogP contribution < -0.4 is 14.8 Å². The Balaban J connectivity index is 1.76. The van der Waals surface area contributed by atoms with E-state index in [0.717, 1.165) is 0 Å². The second kappa shape index (κ2) is 9.62. The van der Waals surface area contributed by atoms with Gasteiger partial charge in [0.15, 0.2) is 15.6 Å². The Labute approximate surface area is 191 Å². The molecule has 1 aromatic heterocycles. The number of carbonyl (C=O) groups excluding carboxylic acids is 1. The van der Waals surface area contributed by atoms with Crippen LogP contribution in [0.15, 0.2) is 45.8 Å². The molecule has 0 unspecified atom stereocenters. The van der Waals surface area contributed by atoms with Crippen molar-refractivity contribution in [3.05, 3.63) is 52.7 Å². The van der Waals surface area contributed by atoms with Crippen LogP contribution in [0.2, 0.25) is 5.02 Å². The Bertz CT molecular complexity index is 1250. The van der Waals surface area contributed by atoms with Crippen molar-refractivity contribution in [2.75, 3.05) is 25.3 Å². The number of halogens is 1. The van der Waals surface area contributed by atoms with Crippen molar-refractivity contribution in [3.63, 3.8) is 0 Å². The zero-order valence-electron chi connectivity index (χ0n) is 18.1. The molecule has 0 radical (unpaired) electrons. The first-order valence-corrected chi connectivity index (χ1v) is 11.7. The molecule has 0 spiro atoms. The quantitative estimate of drug-likeness (QED) is 0.510. The average Bonchev–Trinajstić information content (AvgIpc) is 3.19. The summed E-state index contributed by atoms with van der Waals surface area (Å²) in [7, 11) is -0.835. The van der Waals surface area contributed by atoms with Crippen LogP contribution >= 0.6 is 11.6 Å². The van der Waals surface area contributed by atoms with Gasteiger partial charge in [0.25, 0.3) is 0 Å². The summed E-state index contributed by atoms with van der Waals surface area (Å²) in [6, 6.07) is 9.75. The fourth-order valence-corrected chi connectivity index (χ4v) is 4.88. The molecule has 0 atom stereocenters. The number of nitrogens with one attached hydrogen (secondary N) is 1. The molecule has 0 saturated carbocycles. The molecule has 3 aromatic rings. The van der Waals surface area contributed by atoms with Gasteiger partial charge in [0, 0.05) is 24.1 Å². The van der Waals surface area contributed by atoms with E-state index in [1.165, 1.54) is 32.4 Å². The number of methoxy groups -OCH3 is 2. The molecule has 0 aliphatic heterocycles. The Morgan fingerprint density at radius 1 is 1.09 bits per heavy atom. The van der Waals surface area contributed by atoms with Gasteiger partial charge in [0.1, 0.15) is 11.5 Å². The minimum absolute atomic E-state index is 0.141. The molecule has 0 fully saturated rings. The van der Waals surface area contributed by atoms with Crippen molar-refractivity contribution >= 4 is 33.0 Å². The molecule has 0 saturated heterocycles. The summed E-state index contributed by atoms with van der Waals surface area (Å²) >= 11 is 6.12. The molecule has 0 bridgehead atoms. The lowest BCUT2D eigenvalue weighted by atomic mass is 10.1. The molecule has 0 aliphatic rings. The SMILES string of the molecule is COc1cc(OC)c(NC(=O)CCS(=O)(=O)c2cc(-c3cc(C)no3)ccc2C)cc1Cl. The van der Waals surface area contributed by atoms with Crippen molar-refractivity contribution in [1.82, 2.24) is 5.16 Å². The number of aryl methyl sites for hydroxylation is 2. The summed E-state index contributed by atoms with van der Waals surface area (Å²) < 4.78 is 41.5. The van der Waals surface area contributed by atoms with Gasteiger partial charge in [0.2, 0.25) is 5.91 Å². The molecule has 3 rings (SSSR count). The third kappa shape index (κ3) is 5.23. The number of nitrogens with zero attached hydrogens (tertiary/aromatic N) is 1. The van der Waals surface area contributed by atoms with E-state index in [-0.39, 0.29) is 22.1 Å². The first-order chi connectivity index (χ1) is 15.1. The monoisotopic (exact) mass is 478 g/mol. The molecule has 8 nitrogen and oxygen atoms in total. The molecule has 170 valence electrons. The van der Waals surface area contributed by atoms with E-state index in [2.05, 4.69) is 10.5 Å². The van der Waals surface area contributed by atoms with Gasteiger partial charge >= 0.3 is 0 Å². The highest BCUT2D eigenvalue weighted by Gasteiger charge is 2.21. The van der Waals surface area contributed by atoms with Gasteiger partial charge in [-0.1, -0.05) is 28.9 Å². The number of anilines is 1. The van der Waals surface area contributed by atoms with E-state index in [0.29, 0.717) is 39.8 Å². The van der Waals surface area contributed by atoms with Crippen LogP contribution in [0.4, 0.5) is 5.69 Å². The lowest BCUT2D eigenvalue weighted by Crippen LogP contribution is -2.18. The van der Waals surface area contributed by atoms with Crippen molar-refractivity contribution in [3.8, 4) is 22.8 Å². The third-order valence-corrected chi connectivity index (χ3v) is 6.93. The maximum atomic E-state index is 13.0. The molecular formula is C22H23ClN2O6S. The van der Waals surface area contributed by atoms with Crippen LogP contribution in [-0.4, -0.2) is 39.5 Å². The van der Waals surface area contributed by atoms with Gasteiger partial charge < -0.3 is 19.3 Å². The maximum Gasteiger partial charge on any atom is 0.225 e. The van der Waals surface area contributed by atoms with Crippen LogP contribution in [0.3, 0.4) is 0 Å². The van der Waals surface area contributed by atoms with Crippen molar-refractivity contribution < 1.29 is 27.2 Å². The van der Waals surface area contributed by atoms with Crippen LogP contribution in [0.1, 0.15) is 17.7 Å². The van der Waals surface area contributed by atoms with Crippen LogP contribution in [0.5, 0.6) is 11.5 Å². The minimum Gasteiger partial charge on any atom is -0.495 e. The Morgan fingerprint density at radius 3 is 2.44 bits per heavy atom. The highest BCUT2D eigenvalue weighted by molar-refractivity contribution is 7.91. The largest absolute Gasteiger partial charge is 0.495 e. The van der Waals surface area contributed by atoms with Gasteiger partial charge in [-0.3, -0.25) is 4.79 Å². The van der Waals surface area contributed by atoms with Crippen LogP contribution in [0, 0.1) is 13.8 Å². The summed E-state index contributed by atoms with van der Waals surface area (Å²) in [5, 5.41) is 6.76. The first kappa shape index (κ1) is 23.6. The predicted molar refractivity (Wildman–Crippen MR) is 121 cm³/mol. The number of hydrogen-bond acceptors (Lipinski definition) is 7. The lowest BCUT2D eigenvalue weighted by molar-refractivity contribution is -0.115. The van der Waals surface area contributed by atoms with E-state index in [9.17, 15) is 13.2 Å². The Kier molecular flexibility index (Phi) is 7.10. The number of benzene rings is 2. The number of hydrogen-bond donors (Lipinski definition) is 1. The normalized spacial score (nSPS) is 11.3. The second-order valence-corrected chi connectivity index (χ2v) is 9.60. The smallest absolute Gasteiger partial charge is 0.225 e. The highest BCUT2D eigenvalue weighted by atomic mass is 35.5. The zero-order valence-corrected chi connectivity index (χ0v) is 19.6. The second-order valence-electron chi connectivity index (χ2n) is 7.12. The third-order valence-electron chi connectivity index (χ3n) is 4.78. The van der Waals surface area contributed by atoms with Crippen LogP contribution in [-0.2, 0) is 14.6 Å². The van der Waals surface area contributed by atoms with Gasteiger partial charge in [-0.2, -0.15) is 0 Å². The fraction of sp³-hybridized carbons (Fsp3) is 0.273. The summed E-state index contributed by atoms with van der Waals surface area (Å²) in [4.78, 5) is 12.6. The average molecular weight is 479 g/mol. The standard InChI is InChI=1S/C22H23ClN2O6S/c1-13-5-6-15(18-9-14(2)25-31-18)10-21(13)32(27,28)8-7-22(26)24-17-11-16(23)19(29-3)12-20(17)30-4/h5-6,9-12H,7-8H2,1-4H3,(H,24,26). The van der Waals surface area contributed by atoms with Crippen LogP contribution in [0.25, 0.3) is 11.3 Å². The lowest BCUT2D eigenvalue weighted by Gasteiger charge is -2.13. The highest BCUT2D eigenvalue weighted by Crippen LogP contribution is 2.36. The van der Waals surface area contributed by atoms with Gasteiger partial charge in [0.05, 0.1) is 41.3 Å². The summed E-state index contributed by atoms with van der Waals surface area (Å²) in [5.74, 6) is 0.341. The molecular weight excluding hydrogens is 456 g/mol. The molecule has 1 N–H and O–H groups in total. The van der Waals surface area contributed by atoms with E-state index in [1.54, 1.807) is 32.0 Å². The molecule has 32 heavy (non-hydrogen) atoms. The number of carbonyl (C=O) groups is 1. The van der Waals surface area contributed by atoms with E-state index in [1.807, 2.05) is 0 Å². The van der Waals surface area contributed by atoms with E-state index >= 15 is 0 Å². The van der Waals surface area contributed by atoms with Gasteiger partial charge in [-0.15, -0.1) is 0 Å². The fourth-order valence-electron chi connectivity index (χ4n) is 3.10. The van der Waals surface area contributed by atoms with E-state index < -0.39 is 15.7 Å². The Morgan fingerprint density at radius 2 is 1.81 bits per heavy atom. The molecule has 2 aromatic carbocycles. The number of rotatable bonds is 8. The predicted octanol–water partition coefficient (Wildman–Crippen LogP) is 4.43. The minimum atomic E-state index is -3.74.